The number of aliphatic hydroxyl groups excluding tert-OH is 1. The number of halogens is 1. The molecule has 0 aliphatic carbocycles. The third-order valence-corrected chi connectivity index (χ3v) is 4.29. The molecule has 1 atom stereocenters. The zero-order valence-corrected chi connectivity index (χ0v) is 12.3. The molecule has 4 nitrogen and oxygen atoms in total. The van der Waals surface area contributed by atoms with Crippen molar-refractivity contribution in [2.24, 2.45) is 0 Å². The second-order valence-electron chi connectivity index (χ2n) is 5.96. The molecule has 114 valence electrons. The topological polar surface area (TPSA) is 49.5 Å². The zero-order valence-electron chi connectivity index (χ0n) is 12.3. The lowest BCUT2D eigenvalue weighted by Gasteiger charge is -2.31. The van der Waals surface area contributed by atoms with Crippen LogP contribution in [0.1, 0.15) is 37.9 Å². The van der Waals surface area contributed by atoms with Crippen LogP contribution in [0.4, 0.5) is 4.39 Å². The van der Waals surface area contributed by atoms with Crippen molar-refractivity contribution >= 4 is 10.9 Å². The lowest BCUT2D eigenvalue weighted by atomic mass is 9.92. The summed E-state index contributed by atoms with van der Waals surface area (Å²) in [5, 5.41) is 14.2. The summed E-state index contributed by atoms with van der Waals surface area (Å²) >= 11 is 0. The minimum atomic E-state index is -0.282. The van der Waals surface area contributed by atoms with E-state index in [2.05, 4.69) is 10.1 Å². The van der Waals surface area contributed by atoms with E-state index < -0.39 is 0 Å². The number of fused-ring (bicyclic) bond motifs is 1. The van der Waals surface area contributed by atoms with Crippen molar-refractivity contribution < 1.29 is 14.0 Å². The average Bonchev–Trinajstić information content (AvgIpc) is 2.88. The minimum absolute atomic E-state index is 0.240. The van der Waals surface area contributed by atoms with E-state index in [0.29, 0.717) is 11.4 Å². The van der Waals surface area contributed by atoms with Crippen LogP contribution < -0.4 is 0 Å². The van der Waals surface area contributed by atoms with Crippen LogP contribution in [0.25, 0.3) is 10.9 Å². The maximum Gasteiger partial charge on any atom is 0.147 e. The van der Waals surface area contributed by atoms with Gasteiger partial charge in [-0.25, -0.2) is 4.39 Å². The monoisotopic (exact) mass is 292 g/mol. The van der Waals surface area contributed by atoms with E-state index in [9.17, 15) is 9.50 Å². The molecule has 1 aromatic carbocycles. The zero-order chi connectivity index (χ0) is 14.8. The third-order valence-electron chi connectivity index (χ3n) is 4.29. The second-order valence-corrected chi connectivity index (χ2v) is 5.96. The van der Waals surface area contributed by atoms with E-state index in [-0.39, 0.29) is 11.9 Å². The Labute approximate surface area is 123 Å². The molecule has 21 heavy (non-hydrogen) atoms. The Morgan fingerprint density at radius 1 is 1.43 bits per heavy atom. The predicted molar refractivity (Wildman–Crippen MR) is 78.7 cm³/mol. The minimum Gasteiger partial charge on any atom is -0.393 e. The van der Waals surface area contributed by atoms with Crippen molar-refractivity contribution in [2.45, 2.75) is 38.2 Å². The first-order valence-corrected chi connectivity index (χ1v) is 7.58. The molecule has 1 aliphatic heterocycles. The van der Waals surface area contributed by atoms with Gasteiger partial charge in [-0.05, 0) is 51.4 Å². The highest BCUT2D eigenvalue weighted by Crippen LogP contribution is 2.33. The molecule has 5 heteroatoms. The van der Waals surface area contributed by atoms with Crippen molar-refractivity contribution in [3.8, 4) is 0 Å². The summed E-state index contributed by atoms with van der Waals surface area (Å²) < 4.78 is 18.6. The molecule has 2 aromatic rings. The molecule has 1 aromatic heterocycles. The Bertz CT molecular complexity index is 603. The fraction of sp³-hybridized carbons (Fsp3) is 0.562. The van der Waals surface area contributed by atoms with Gasteiger partial charge in [0.1, 0.15) is 17.1 Å². The van der Waals surface area contributed by atoms with Crippen molar-refractivity contribution in [3.63, 3.8) is 0 Å². The van der Waals surface area contributed by atoms with Crippen LogP contribution >= 0.6 is 0 Å². The number of benzene rings is 1. The van der Waals surface area contributed by atoms with E-state index in [1.807, 2.05) is 6.92 Å². The largest absolute Gasteiger partial charge is 0.393 e. The summed E-state index contributed by atoms with van der Waals surface area (Å²) in [6.07, 6.45) is 2.61. The van der Waals surface area contributed by atoms with Gasteiger partial charge in [0, 0.05) is 23.9 Å². The first-order chi connectivity index (χ1) is 10.1. The second kappa shape index (κ2) is 6.12. The average molecular weight is 292 g/mol. The number of hydrogen-bond acceptors (Lipinski definition) is 4. The molecule has 1 N–H and O–H groups in total. The first kappa shape index (κ1) is 14.5. The molecule has 0 saturated carbocycles. The number of likely N-dealkylation sites (tertiary alicyclic amines) is 1. The van der Waals surface area contributed by atoms with E-state index in [0.717, 1.165) is 50.0 Å². The van der Waals surface area contributed by atoms with Crippen LogP contribution in [0.2, 0.25) is 0 Å². The molecule has 0 radical (unpaired) electrons. The molecule has 0 amide bonds. The number of piperidine rings is 1. The highest BCUT2D eigenvalue weighted by Gasteiger charge is 2.25. The molecule has 0 unspecified atom stereocenters. The highest BCUT2D eigenvalue weighted by molar-refractivity contribution is 5.80. The smallest absolute Gasteiger partial charge is 0.147 e. The van der Waals surface area contributed by atoms with Gasteiger partial charge in [0.05, 0.1) is 6.10 Å². The summed E-state index contributed by atoms with van der Waals surface area (Å²) in [6.45, 7) is 4.76. The van der Waals surface area contributed by atoms with Crippen LogP contribution in [0.15, 0.2) is 22.7 Å². The fourth-order valence-electron chi connectivity index (χ4n) is 3.02. The molecule has 1 fully saturated rings. The molecule has 0 spiro atoms. The molecular formula is C16H21FN2O2. The van der Waals surface area contributed by atoms with Gasteiger partial charge in [-0.1, -0.05) is 5.16 Å². The number of aliphatic hydroxyl groups is 1. The Morgan fingerprint density at radius 2 is 2.19 bits per heavy atom. The van der Waals surface area contributed by atoms with E-state index in [1.165, 1.54) is 12.1 Å². The lowest BCUT2D eigenvalue weighted by molar-refractivity contribution is 0.139. The molecule has 3 rings (SSSR count). The molecule has 1 aliphatic rings. The Kier molecular flexibility index (Phi) is 4.22. The predicted octanol–water partition coefficient (Wildman–Crippen LogP) is 2.92. The van der Waals surface area contributed by atoms with Crippen LogP contribution in [0, 0.1) is 5.82 Å². The number of hydrogen-bond donors (Lipinski definition) is 1. The summed E-state index contributed by atoms with van der Waals surface area (Å²) in [7, 11) is 0. The van der Waals surface area contributed by atoms with Crippen molar-refractivity contribution in [1.82, 2.24) is 10.1 Å². The van der Waals surface area contributed by atoms with E-state index >= 15 is 0 Å². The van der Waals surface area contributed by atoms with Crippen molar-refractivity contribution in [2.75, 3.05) is 19.6 Å². The fourth-order valence-corrected chi connectivity index (χ4v) is 3.02. The van der Waals surface area contributed by atoms with Gasteiger partial charge in [0.15, 0.2) is 0 Å². The van der Waals surface area contributed by atoms with Crippen LogP contribution in [0.5, 0.6) is 0 Å². The normalized spacial score (nSPS) is 19.2. The van der Waals surface area contributed by atoms with E-state index in [1.54, 1.807) is 6.07 Å². The van der Waals surface area contributed by atoms with Gasteiger partial charge in [-0.2, -0.15) is 0 Å². The maximum atomic E-state index is 13.2. The van der Waals surface area contributed by atoms with Gasteiger partial charge < -0.3 is 14.5 Å². The summed E-state index contributed by atoms with van der Waals surface area (Å²) in [4.78, 5) is 2.38. The first-order valence-electron chi connectivity index (χ1n) is 7.58. The SMILES string of the molecule is C[C@H](O)CCN1CCC(c2onc3cc(F)ccc23)CC1. The third kappa shape index (κ3) is 3.24. The summed E-state index contributed by atoms with van der Waals surface area (Å²) in [5.74, 6) is 0.957. The van der Waals surface area contributed by atoms with Crippen LogP contribution in [0.3, 0.4) is 0 Å². The summed E-state index contributed by atoms with van der Waals surface area (Å²) in [5.41, 5.74) is 0.599. The molecular weight excluding hydrogens is 271 g/mol. The number of rotatable bonds is 4. The molecule has 1 saturated heterocycles. The van der Waals surface area contributed by atoms with Gasteiger partial charge in [0.25, 0.3) is 0 Å². The lowest BCUT2D eigenvalue weighted by Crippen LogP contribution is -2.34. The van der Waals surface area contributed by atoms with Crippen molar-refractivity contribution in [3.05, 3.63) is 29.8 Å². The van der Waals surface area contributed by atoms with Crippen LogP contribution in [-0.4, -0.2) is 40.9 Å². The Hall–Kier alpha value is -1.46. The van der Waals surface area contributed by atoms with Gasteiger partial charge in [-0.15, -0.1) is 0 Å². The highest BCUT2D eigenvalue weighted by atomic mass is 19.1. The van der Waals surface area contributed by atoms with Gasteiger partial charge in [-0.3, -0.25) is 0 Å². The summed E-state index contributed by atoms with van der Waals surface area (Å²) in [6, 6.07) is 4.64. The molecule has 0 bridgehead atoms. The van der Waals surface area contributed by atoms with Crippen LogP contribution in [-0.2, 0) is 0 Å². The van der Waals surface area contributed by atoms with E-state index in [4.69, 9.17) is 4.52 Å². The Balaban J connectivity index is 1.66. The van der Waals surface area contributed by atoms with Gasteiger partial charge >= 0.3 is 0 Å². The standard InChI is InChI=1S/C16H21FN2O2/c1-11(20)4-7-19-8-5-12(6-9-19)16-14-3-2-13(17)10-15(14)18-21-16/h2-3,10-12,20H,4-9H2,1H3/t11-/m0/s1. The van der Waals surface area contributed by atoms with Crippen molar-refractivity contribution in [1.29, 1.82) is 0 Å². The molecule has 2 heterocycles. The number of nitrogens with zero attached hydrogens (tertiary/aromatic N) is 2. The maximum absolute atomic E-state index is 13.2. The van der Waals surface area contributed by atoms with Gasteiger partial charge in [0.2, 0.25) is 0 Å². The Morgan fingerprint density at radius 3 is 2.90 bits per heavy atom. The quantitative estimate of drug-likeness (QED) is 0.941. The number of aromatic nitrogens is 1.